The lowest BCUT2D eigenvalue weighted by atomic mass is 9.69. The van der Waals surface area contributed by atoms with Crippen molar-refractivity contribution in [1.82, 2.24) is 0 Å². The highest BCUT2D eigenvalue weighted by Crippen LogP contribution is 2.41. The van der Waals surface area contributed by atoms with Crippen molar-refractivity contribution in [3.63, 3.8) is 0 Å². The fourth-order valence-electron chi connectivity index (χ4n) is 2.33. The number of ether oxygens (including phenoxy) is 1. The molecule has 2 unspecified atom stereocenters. The Hall–Kier alpha value is -0.370. The fourth-order valence-corrected chi connectivity index (χ4v) is 2.33. The highest BCUT2D eigenvalue weighted by Gasteiger charge is 2.37. The van der Waals surface area contributed by atoms with Crippen LogP contribution >= 0.6 is 0 Å². The fraction of sp³-hybridized carbons (Fsp3) is 0.895. The molecule has 0 aromatic carbocycles. The van der Waals surface area contributed by atoms with Gasteiger partial charge in [0.05, 0.1) is 12.7 Å². The van der Waals surface area contributed by atoms with Crippen LogP contribution in [0.2, 0.25) is 0 Å². The molecule has 128 valence electrons. The van der Waals surface area contributed by atoms with Gasteiger partial charge in [0.15, 0.2) is 0 Å². The molecule has 0 bridgehead atoms. The van der Waals surface area contributed by atoms with E-state index in [2.05, 4.69) is 27.4 Å². The molecule has 2 atom stereocenters. The first-order valence-corrected chi connectivity index (χ1v) is 8.69. The molecule has 2 heteroatoms. The van der Waals surface area contributed by atoms with Crippen molar-refractivity contribution >= 4 is 0 Å². The van der Waals surface area contributed by atoms with Gasteiger partial charge < -0.3 is 4.74 Å². The molecule has 0 amide bonds. The average molecular weight is 303 g/mol. The van der Waals surface area contributed by atoms with E-state index in [0.717, 1.165) is 12.8 Å². The Morgan fingerprint density at radius 1 is 1.14 bits per heavy atom. The Labute approximate surface area is 133 Å². The van der Waals surface area contributed by atoms with E-state index >= 15 is 0 Å². The largest absolute Gasteiger partial charge is 0.378 e. The van der Waals surface area contributed by atoms with Crippen LogP contribution in [0.1, 0.15) is 81.1 Å². The van der Waals surface area contributed by atoms with E-state index in [1.54, 1.807) is 0 Å². The minimum Gasteiger partial charge on any atom is -0.378 e. The molecular formula is C19H39FO. The van der Waals surface area contributed by atoms with Crippen LogP contribution in [0.15, 0.2) is 12.2 Å². The van der Waals surface area contributed by atoms with Crippen LogP contribution in [0.3, 0.4) is 0 Å². The molecule has 0 N–H and O–H groups in total. The molecule has 0 saturated carbocycles. The standard InChI is InChI=1S/C17H33FO.C2H6/c1-8-15(7)10-17(13(3)4,11-16(18)9-2)12-19-14(5)6;1-2/h13-14,16H,7-12H2,1-6H3;1-2H3. The second-order valence-electron chi connectivity index (χ2n) is 6.37. The van der Waals surface area contributed by atoms with Crippen molar-refractivity contribution in [1.29, 1.82) is 0 Å². The van der Waals surface area contributed by atoms with E-state index in [-0.39, 0.29) is 11.5 Å². The van der Waals surface area contributed by atoms with Crippen LogP contribution in [0.5, 0.6) is 0 Å². The molecule has 0 fully saturated rings. The van der Waals surface area contributed by atoms with E-state index in [1.165, 1.54) is 5.57 Å². The summed E-state index contributed by atoms with van der Waals surface area (Å²) >= 11 is 0. The van der Waals surface area contributed by atoms with Gasteiger partial charge in [0, 0.05) is 5.41 Å². The summed E-state index contributed by atoms with van der Waals surface area (Å²) in [5.74, 6) is 0.388. The lowest BCUT2D eigenvalue weighted by Crippen LogP contribution is -2.37. The molecule has 0 aliphatic carbocycles. The molecule has 0 saturated heterocycles. The number of alkyl halides is 1. The van der Waals surface area contributed by atoms with Gasteiger partial charge in [-0.05, 0) is 45.4 Å². The molecule has 0 rings (SSSR count). The summed E-state index contributed by atoms with van der Waals surface area (Å²) in [6, 6.07) is 0. The number of allylic oxidation sites excluding steroid dienone is 1. The second kappa shape index (κ2) is 12.2. The zero-order valence-corrected chi connectivity index (χ0v) is 15.8. The number of rotatable bonds is 10. The molecule has 0 aliphatic heterocycles. The van der Waals surface area contributed by atoms with Crippen molar-refractivity contribution < 1.29 is 9.13 Å². The molecule has 0 aliphatic rings. The predicted molar refractivity (Wildman–Crippen MR) is 93.6 cm³/mol. The summed E-state index contributed by atoms with van der Waals surface area (Å²) in [6.45, 7) is 21.2. The van der Waals surface area contributed by atoms with Crippen molar-refractivity contribution in [2.75, 3.05) is 6.61 Å². The van der Waals surface area contributed by atoms with Crippen LogP contribution in [0.4, 0.5) is 4.39 Å². The van der Waals surface area contributed by atoms with Crippen molar-refractivity contribution in [3.8, 4) is 0 Å². The molecule has 0 radical (unpaired) electrons. The molecular weight excluding hydrogens is 263 g/mol. The van der Waals surface area contributed by atoms with Gasteiger partial charge in [0.1, 0.15) is 6.17 Å². The third kappa shape index (κ3) is 9.29. The van der Waals surface area contributed by atoms with Crippen molar-refractivity contribution in [3.05, 3.63) is 12.2 Å². The lowest BCUT2D eigenvalue weighted by Gasteiger charge is -2.39. The number of halogens is 1. The zero-order valence-electron chi connectivity index (χ0n) is 15.8. The topological polar surface area (TPSA) is 9.23 Å². The van der Waals surface area contributed by atoms with E-state index in [4.69, 9.17) is 4.74 Å². The minimum absolute atomic E-state index is 0.118. The first-order valence-electron chi connectivity index (χ1n) is 8.69. The number of hydrogen-bond donors (Lipinski definition) is 0. The van der Waals surface area contributed by atoms with Crippen LogP contribution < -0.4 is 0 Å². The van der Waals surface area contributed by atoms with Crippen LogP contribution in [0, 0.1) is 11.3 Å². The van der Waals surface area contributed by atoms with E-state index in [9.17, 15) is 4.39 Å². The Morgan fingerprint density at radius 3 is 2.00 bits per heavy atom. The quantitative estimate of drug-likeness (QED) is 0.414. The van der Waals surface area contributed by atoms with Gasteiger partial charge in [-0.25, -0.2) is 4.39 Å². The van der Waals surface area contributed by atoms with Gasteiger partial charge in [0.25, 0.3) is 0 Å². The molecule has 0 aromatic rings. The predicted octanol–water partition coefficient (Wildman–Crippen LogP) is 6.57. The third-order valence-corrected chi connectivity index (χ3v) is 4.10. The highest BCUT2D eigenvalue weighted by atomic mass is 19.1. The molecule has 21 heavy (non-hydrogen) atoms. The Kier molecular flexibility index (Phi) is 13.3. The summed E-state index contributed by atoms with van der Waals surface area (Å²) in [6.07, 6.45) is 2.42. The average Bonchev–Trinajstić information content (AvgIpc) is 2.46. The van der Waals surface area contributed by atoms with Crippen molar-refractivity contribution in [2.24, 2.45) is 11.3 Å². The Bertz CT molecular complexity index is 260. The van der Waals surface area contributed by atoms with Crippen LogP contribution in [0.25, 0.3) is 0 Å². The summed E-state index contributed by atoms with van der Waals surface area (Å²) in [5.41, 5.74) is 1.08. The van der Waals surface area contributed by atoms with Gasteiger partial charge in [-0.15, -0.1) is 0 Å². The van der Waals surface area contributed by atoms with Gasteiger partial charge in [-0.1, -0.05) is 53.7 Å². The van der Waals surface area contributed by atoms with Crippen molar-refractivity contribution in [2.45, 2.75) is 93.3 Å². The summed E-state index contributed by atoms with van der Waals surface area (Å²) in [4.78, 5) is 0. The summed E-state index contributed by atoms with van der Waals surface area (Å²) < 4.78 is 19.8. The first-order chi connectivity index (χ1) is 9.77. The number of hydrogen-bond acceptors (Lipinski definition) is 1. The van der Waals surface area contributed by atoms with E-state index in [1.807, 2.05) is 34.6 Å². The maximum Gasteiger partial charge on any atom is 0.100 e. The second-order valence-corrected chi connectivity index (χ2v) is 6.37. The van der Waals surface area contributed by atoms with Gasteiger partial charge in [-0.2, -0.15) is 0 Å². The molecule has 0 aromatic heterocycles. The normalized spacial score (nSPS) is 15.4. The van der Waals surface area contributed by atoms with Crippen LogP contribution in [-0.2, 0) is 4.74 Å². The molecule has 0 heterocycles. The summed E-state index contributed by atoms with van der Waals surface area (Å²) in [7, 11) is 0. The van der Waals surface area contributed by atoms with Gasteiger partial charge in [-0.3, -0.25) is 0 Å². The summed E-state index contributed by atoms with van der Waals surface area (Å²) in [5, 5.41) is 0. The van der Waals surface area contributed by atoms with E-state index < -0.39 is 6.17 Å². The zero-order chi connectivity index (χ0) is 17.1. The highest BCUT2D eigenvalue weighted by molar-refractivity contribution is 5.01. The Morgan fingerprint density at radius 2 is 1.67 bits per heavy atom. The minimum atomic E-state index is -0.747. The lowest BCUT2D eigenvalue weighted by molar-refractivity contribution is -0.0319. The smallest absolute Gasteiger partial charge is 0.100 e. The van der Waals surface area contributed by atoms with Gasteiger partial charge >= 0.3 is 0 Å². The van der Waals surface area contributed by atoms with E-state index in [0.29, 0.717) is 25.4 Å². The van der Waals surface area contributed by atoms with Crippen LogP contribution in [-0.4, -0.2) is 18.9 Å². The van der Waals surface area contributed by atoms with Gasteiger partial charge in [0.2, 0.25) is 0 Å². The maximum atomic E-state index is 14.0. The molecule has 1 nitrogen and oxygen atoms in total. The Balaban J connectivity index is 0. The third-order valence-electron chi connectivity index (χ3n) is 4.10. The SMILES string of the molecule is C=C(CC)CC(COC(C)C)(CC(F)CC)C(C)C.CC. The molecule has 0 spiro atoms. The monoisotopic (exact) mass is 302 g/mol. The first kappa shape index (κ1) is 22.9. The maximum absolute atomic E-state index is 14.0.